The fraction of sp³-hybridized carbons (Fsp3) is 0.143. The lowest BCUT2D eigenvalue weighted by molar-refractivity contribution is 0.199. The molecule has 2 aromatic rings. The number of aliphatic hydroxyl groups is 1. The zero-order valence-electron chi connectivity index (χ0n) is 9.73. The molecule has 1 N–H and O–H groups in total. The summed E-state index contributed by atoms with van der Waals surface area (Å²) in [5.74, 6) is -0.835. The van der Waals surface area contributed by atoms with Crippen LogP contribution in [0.2, 0.25) is 0 Å². The highest BCUT2D eigenvalue weighted by atomic mass is 19.1. The van der Waals surface area contributed by atoms with Crippen LogP contribution in [0.4, 0.5) is 8.78 Å². The summed E-state index contributed by atoms with van der Waals surface area (Å²) in [7, 11) is 0. The highest BCUT2D eigenvalue weighted by molar-refractivity contribution is 5.34. The number of ether oxygens (including phenoxy) is 1. The molecule has 0 saturated carbocycles. The molecular formula is C14H12F2O2. The van der Waals surface area contributed by atoms with Gasteiger partial charge in [-0.1, -0.05) is 12.1 Å². The van der Waals surface area contributed by atoms with Gasteiger partial charge in [0, 0.05) is 18.2 Å². The maximum absolute atomic E-state index is 12.9. The molecule has 94 valence electrons. The van der Waals surface area contributed by atoms with Gasteiger partial charge in [-0.15, -0.1) is 0 Å². The van der Waals surface area contributed by atoms with E-state index in [0.717, 1.165) is 23.8 Å². The number of rotatable bonds is 3. The van der Waals surface area contributed by atoms with Crippen molar-refractivity contribution in [2.45, 2.75) is 13.0 Å². The maximum atomic E-state index is 12.9. The molecule has 1 atom stereocenters. The summed E-state index contributed by atoms with van der Waals surface area (Å²) in [6.07, 6.45) is -0.564. The average molecular weight is 250 g/mol. The van der Waals surface area contributed by atoms with Gasteiger partial charge < -0.3 is 9.84 Å². The number of halogens is 2. The molecule has 0 aliphatic heterocycles. The second kappa shape index (κ2) is 5.14. The van der Waals surface area contributed by atoms with Crippen LogP contribution in [0.5, 0.6) is 11.5 Å². The molecule has 0 fully saturated rings. The minimum Gasteiger partial charge on any atom is -0.457 e. The maximum Gasteiger partial charge on any atom is 0.133 e. The van der Waals surface area contributed by atoms with E-state index < -0.39 is 17.7 Å². The lowest BCUT2D eigenvalue weighted by atomic mass is 10.1. The number of hydrogen-bond donors (Lipinski definition) is 1. The molecule has 0 spiro atoms. The summed E-state index contributed by atoms with van der Waals surface area (Å²) in [6, 6.07) is 9.63. The van der Waals surface area contributed by atoms with E-state index >= 15 is 0 Å². The normalized spacial score (nSPS) is 12.2. The Bertz CT molecular complexity index is 516. The minimum absolute atomic E-state index is 0.0947. The van der Waals surface area contributed by atoms with Gasteiger partial charge in [-0.05, 0) is 24.6 Å². The van der Waals surface area contributed by atoms with Gasteiger partial charge in [0.15, 0.2) is 0 Å². The van der Waals surface area contributed by atoms with Crippen LogP contribution in [0.3, 0.4) is 0 Å². The summed E-state index contributed by atoms with van der Waals surface area (Å²) in [5, 5.41) is 9.34. The van der Waals surface area contributed by atoms with E-state index in [4.69, 9.17) is 4.74 Å². The Hall–Kier alpha value is -1.94. The summed E-state index contributed by atoms with van der Waals surface area (Å²) < 4.78 is 31.2. The summed E-state index contributed by atoms with van der Waals surface area (Å²) in [4.78, 5) is 0. The molecule has 0 amide bonds. The molecule has 4 heteroatoms. The lowest BCUT2D eigenvalue weighted by Gasteiger charge is -2.08. The molecule has 1 unspecified atom stereocenters. The Morgan fingerprint density at radius 3 is 2.00 bits per heavy atom. The molecule has 0 aliphatic rings. The second-order valence-corrected chi connectivity index (χ2v) is 3.95. The van der Waals surface area contributed by atoms with Crippen molar-refractivity contribution in [3.8, 4) is 11.5 Å². The van der Waals surface area contributed by atoms with Crippen LogP contribution >= 0.6 is 0 Å². The topological polar surface area (TPSA) is 29.5 Å². The average Bonchev–Trinajstić information content (AvgIpc) is 2.28. The van der Waals surface area contributed by atoms with Gasteiger partial charge in [0.05, 0.1) is 6.10 Å². The van der Waals surface area contributed by atoms with Crippen molar-refractivity contribution >= 4 is 0 Å². The third-order valence-electron chi connectivity index (χ3n) is 2.43. The van der Waals surface area contributed by atoms with Crippen molar-refractivity contribution in [1.29, 1.82) is 0 Å². The van der Waals surface area contributed by atoms with Gasteiger partial charge >= 0.3 is 0 Å². The first-order chi connectivity index (χ1) is 8.54. The van der Waals surface area contributed by atoms with Crippen LogP contribution in [-0.4, -0.2) is 5.11 Å². The van der Waals surface area contributed by atoms with E-state index in [1.54, 1.807) is 31.2 Å². The van der Waals surface area contributed by atoms with E-state index in [2.05, 4.69) is 0 Å². The molecule has 0 bridgehead atoms. The Morgan fingerprint density at radius 1 is 0.944 bits per heavy atom. The minimum atomic E-state index is -0.689. The largest absolute Gasteiger partial charge is 0.457 e. The van der Waals surface area contributed by atoms with E-state index in [1.807, 2.05) is 0 Å². The Balaban J connectivity index is 2.18. The van der Waals surface area contributed by atoms with Gasteiger partial charge in [0.2, 0.25) is 0 Å². The molecule has 2 aromatic carbocycles. The van der Waals surface area contributed by atoms with Crippen molar-refractivity contribution in [3.63, 3.8) is 0 Å². The van der Waals surface area contributed by atoms with Crippen LogP contribution in [0.1, 0.15) is 18.6 Å². The van der Waals surface area contributed by atoms with Gasteiger partial charge in [-0.25, -0.2) is 8.78 Å². The smallest absolute Gasteiger partial charge is 0.133 e. The number of aliphatic hydroxyl groups excluding tert-OH is 1. The van der Waals surface area contributed by atoms with Crippen molar-refractivity contribution in [2.24, 2.45) is 0 Å². The first kappa shape index (κ1) is 12.5. The quantitative estimate of drug-likeness (QED) is 0.897. The Labute approximate surface area is 103 Å². The van der Waals surface area contributed by atoms with Crippen LogP contribution < -0.4 is 4.74 Å². The van der Waals surface area contributed by atoms with Crippen LogP contribution in [0, 0.1) is 11.6 Å². The second-order valence-electron chi connectivity index (χ2n) is 3.95. The van der Waals surface area contributed by atoms with Crippen molar-refractivity contribution < 1.29 is 18.6 Å². The first-order valence-electron chi connectivity index (χ1n) is 5.46. The van der Waals surface area contributed by atoms with Gasteiger partial charge in [-0.2, -0.15) is 0 Å². The van der Waals surface area contributed by atoms with Crippen LogP contribution in [0.25, 0.3) is 0 Å². The van der Waals surface area contributed by atoms with E-state index in [9.17, 15) is 13.9 Å². The molecule has 0 heterocycles. The standard InChI is InChI=1S/C14H12F2O2/c1-9(17)10-2-4-13(5-3-10)18-14-7-11(15)6-12(16)8-14/h2-9,17H,1H3. The van der Waals surface area contributed by atoms with E-state index in [1.165, 1.54) is 0 Å². The molecule has 0 aliphatic carbocycles. The third kappa shape index (κ3) is 3.05. The van der Waals surface area contributed by atoms with Crippen LogP contribution in [0.15, 0.2) is 42.5 Å². The monoisotopic (exact) mass is 250 g/mol. The molecule has 2 rings (SSSR count). The fourth-order valence-corrected chi connectivity index (χ4v) is 1.54. The summed E-state index contributed by atoms with van der Waals surface area (Å²) in [6.45, 7) is 1.65. The summed E-state index contributed by atoms with van der Waals surface area (Å²) in [5.41, 5.74) is 0.743. The molecule has 2 nitrogen and oxygen atoms in total. The fourth-order valence-electron chi connectivity index (χ4n) is 1.54. The summed E-state index contributed by atoms with van der Waals surface area (Å²) >= 11 is 0. The third-order valence-corrected chi connectivity index (χ3v) is 2.43. The SMILES string of the molecule is CC(O)c1ccc(Oc2cc(F)cc(F)c2)cc1. The predicted molar refractivity (Wildman–Crippen MR) is 63.5 cm³/mol. The molecule has 0 radical (unpaired) electrons. The predicted octanol–water partition coefficient (Wildman–Crippen LogP) is 3.81. The molecule has 0 saturated heterocycles. The van der Waals surface area contributed by atoms with Gasteiger partial charge in [0.1, 0.15) is 23.1 Å². The zero-order valence-corrected chi connectivity index (χ0v) is 9.73. The first-order valence-corrected chi connectivity index (χ1v) is 5.46. The van der Waals surface area contributed by atoms with Crippen LogP contribution in [-0.2, 0) is 0 Å². The number of benzene rings is 2. The van der Waals surface area contributed by atoms with E-state index in [0.29, 0.717) is 5.75 Å². The van der Waals surface area contributed by atoms with E-state index in [-0.39, 0.29) is 5.75 Å². The van der Waals surface area contributed by atoms with Gasteiger partial charge in [-0.3, -0.25) is 0 Å². The lowest BCUT2D eigenvalue weighted by Crippen LogP contribution is -1.91. The molecule has 0 aromatic heterocycles. The number of hydrogen-bond acceptors (Lipinski definition) is 2. The highest BCUT2D eigenvalue weighted by Crippen LogP contribution is 2.24. The molecule has 18 heavy (non-hydrogen) atoms. The Kier molecular flexibility index (Phi) is 3.58. The molecular weight excluding hydrogens is 238 g/mol. The Morgan fingerprint density at radius 2 is 1.50 bits per heavy atom. The zero-order chi connectivity index (χ0) is 13.1. The van der Waals surface area contributed by atoms with Crippen molar-refractivity contribution in [3.05, 3.63) is 59.7 Å². The van der Waals surface area contributed by atoms with Crippen molar-refractivity contribution in [2.75, 3.05) is 0 Å². The van der Waals surface area contributed by atoms with Crippen molar-refractivity contribution in [1.82, 2.24) is 0 Å². The van der Waals surface area contributed by atoms with Gasteiger partial charge in [0.25, 0.3) is 0 Å². The highest BCUT2D eigenvalue weighted by Gasteiger charge is 2.04.